The number of nitrogens with one attached hydrogen (secondary N) is 2. The molecule has 2 heterocycles. The van der Waals surface area contributed by atoms with Crippen molar-refractivity contribution in [1.82, 2.24) is 19.9 Å². The van der Waals surface area contributed by atoms with Crippen LogP contribution in [-0.2, 0) is 16.7 Å². The molecular formula is C14H17N5O6S. The maximum atomic E-state index is 9.94. The van der Waals surface area contributed by atoms with Gasteiger partial charge < -0.3 is 25.3 Å². The molecule has 1 aromatic carbocycles. The van der Waals surface area contributed by atoms with Crippen molar-refractivity contribution in [3.05, 3.63) is 30.4 Å². The highest BCUT2D eigenvalue weighted by atomic mass is 32.2. The quantitative estimate of drug-likeness (QED) is 0.322. The Morgan fingerprint density at radius 1 is 1.19 bits per heavy atom. The minimum Gasteiger partial charge on any atom is -0.504 e. The van der Waals surface area contributed by atoms with E-state index in [4.69, 9.17) is 9.29 Å². The molecule has 0 saturated heterocycles. The Morgan fingerprint density at radius 3 is 2.54 bits per heavy atom. The molecule has 11 nitrogen and oxygen atoms in total. The fraction of sp³-hybridized carbons (Fsp3) is 0.214. The molecule has 26 heavy (non-hydrogen) atoms. The molecule has 0 aliphatic carbocycles. The standard InChI is InChI=1S/C13H13N5O3.CH4O3S/c1-21-8-3-2-7(10(19)11(8)20)4-14-12-9-13(16-5-15-9)18-6-17-12;1-5(2,3)4/h2-3,5-6,19-20H,4H2,1H3,(H2,14,15,16,17,18);1H3,(H,2,3,4). The van der Waals surface area contributed by atoms with E-state index in [1.165, 1.54) is 19.8 Å². The van der Waals surface area contributed by atoms with E-state index in [2.05, 4.69) is 25.3 Å². The predicted octanol–water partition coefficient (Wildman–Crippen LogP) is 0.889. The summed E-state index contributed by atoms with van der Waals surface area (Å²) in [5.74, 6) is 0.268. The van der Waals surface area contributed by atoms with Crippen LogP contribution in [0.2, 0.25) is 0 Å². The number of nitrogens with zero attached hydrogens (tertiary/aromatic N) is 3. The number of phenolic OH excluding ortho intramolecular Hbond substituents is 2. The summed E-state index contributed by atoms with van der Waals surface area (Å²) in [5.41, 5.74) is 1.74. The van der Waals surface area contributed by atoms with E-state index in [0.717, 1.165) is 0 Å². The van der Waals surface area contributed by atoms with E-state index in [0.29, 0.717) is 28.8 Å². The van der Waals surface area contributed by atoms with E-state index in [-0.39, 0.29) is 23.8 Å². The zero-order chi connectivity index (χ0) is 19.3. The first-order valence-electron chi connectivity index (χ1n) is 7.09. The van der Waals surface area contributed by atoms with Gasteiger partial charge in [0.15, 0.2) is 23.0 Å². The largest absolute Gasteiger partial charge is 0.504 e. The topological polar surface area (TPSA) is 171 Å². The molecule has 3 aromatic rings. The Bertz CT molecular complexity index is 996. The van der Waals surface area contributed by atoms with Gasteiger partial charge in [-0.15, -0.1) is 0 Å². The molecule has 0 saturated carbocycles. The summed E-state index contributed by atoms with van der Waals surface area (Å²) in [6.45, 7) is 0.272. The summed E-state index contributed by atoms with van der Waals surface area (Å²) in [7, 11) is -2.25. The highest BCUT2D eigenvalue weighted by molar-refractivity contribution is 7.85. The number of rotatable bonds is 4. The van der Waals surface area contributed by atoms with Crippen LogP contribution in [0.3, 0.4) is 0 Å². The molecule has 0 aliphatic heterocycles. The summed E-state index contributed by atoms with van der Waals surface area (Å²) in [4.78, 5) is 15.1. The molecule has 3 rings (SSSR count). The number of anilines is 1. The number of aromatic amines is 1. The summed E-state index contributed by atoms with van der Waals surface area (Å²) in [6.07, 6.45) is 3.64. The van der Waals surface area contributed by atoms with Gasteiger partial charge in [-0.1, -0.05) is 0 Å². The lowest BCUT2D eigenvalue weighted by molar-refractivity contribution is 0.349. The molecule has 2 aromatic heterocycles. The van der Waals surface area contributed by atoms with Gasteiger partial charge in [0, 0.05) is 12.1 Å². The second-order valence-corrected chi connectivity index (χ2v) is 6.50. The number of imidazole rings is 1. The molecule has 12 heteroatoms. The number of hydrogen-bond acceptors (Lipinski definition) is 9. The second-order valence-electron chi connectivity index (χ2n) is 5.03. The number of ether oxygens (including phenoxy) is 1. The number of hydrogen-bond donors (Lipinski definition) is 5. The van der Waals surface area contributed by atoms with Gasteiger partial charge in [-0.2, -0.15) is 8.42 Å². The summed E-state index contributed by atoms with van der Waals surface area (Å²) in [6, 6.07) is 3.24. The fourth-order valence-corrected chi connectivity index (χ4v) is 1.99. The lowest BCUT2D eigenvalue weighted by atomic mass is 10.1. The number of fused-ring (bicyclic) bond motifs is 1. The van der Waals surface area contributed by atoms with E-state index >= 15 is 0 Å². The zero-order valence-electron chi connectivity index (χ0n) is 13.8. The lowest BCUT2D eigenvalue weighted by Crippen LogP contribution is -2.03. The number of aromatic nitrogens is 4. The smallest absolute Gasteiger partial charge is 0.261 e. The molecule has 0 bridgehead atoms. The summed E-state index contributed by atoms with van der Waals surface area (Å²) >= 11 is 0. The van der Waals surface area contributed by atoms with Crippen LogP contribution in [0.4, 0.5) is 5.82 Å². The lowest BCUT2D eigenvalue weighted by Gasteiger charge is -2.11. The number of phenols is 2. The molecule has 0 amide bonds. The third-order valence-electron chi connectivity index (χ3n) is 3.09. The van der Waals surface area contributed by atoms with Crippen LogP contribution in [0.5, 0.6) is 17.2 Å². The van der Waals surface area contributed by atoms with Crippen LogP contribution in [0.25, 0.3) is 11.2 Å². The summed E-state index contributed by atoms with van der Waals surface area (Å²) in [5, 5.41) is 22.8. The molecule has 5 N–H and O–H groups in total. The average molecular weight is 383 g/mol. The van der Waals surface area contributed by atoms with E-state index < -0.39 is 10.1 Å². The highest BCUT2D eigenvalue weighted by Crippen LogP contribution is 2.38. The van der Waals surface area contributed by atoms with Gasteiger partial charge in [-0.25, -0.2) is 15.0 Å². The third kappa shape index (κ3) is 4.94. The maximum absolute atomic E-state index is 9.94. The molecule has 140 valence electrons. The predicted molar refractivity (Wildman–Crippen MR) is 92.8 cm³/mol. The van der Waals surface area contributed by atoms with Crippen molar-refractivity contribution < 1.29 is 27.9 Å². The van der Waals surface area contributed by atoms with Crippen molar-refractivity contribution in [2.75, 3.05) is 18.7 Å². The molecule has 0 spiro atoms. The van der Waals surface area contributed by atoms with E-state index in [1.54, 1.807) is 12.1 Å². The monoisotopic (exact) mass is 383 g/mol. The fourth-order valence-electron chi connectivity index (χ4n) is 1.99. The molecule has 0 fully saturated rings. The third-order valence-corrected chi connectivity index (χ3v) is 3.09. The first kappa shape index (κ1) is 19.2. The zero-order valence-corrected chi connectivity index (χ0v) is 14.6. The molecular weight excluding hydrogens is 366 g/mol. The SMILES string of the molecule is COc1ccc(CNc2ncnc3nc[nH]c23)c(O)c1O.CS(=O)(=O)O. The van der Waals surface area contributed by atoms with Gasteiger partial charge in [0.2, 0.25) is 5.75 Å². The van der Waals surface area contributed by atoms with Crippen LogP contribution < -0.4 is 10.1 Å². The molecule has 0 unspecified atom stereocenters. The average Bonchev–Trinajstić information content (AvgIpc) is 3.04. The minimum atomic E-state index is -3.67. The number of aromatic hydroxyl groups is 2. The van der Waals surface area contributed by atoms with Gasteiger partial charge >= 0.3 is 0 Å². The van der Waals surface area contributed by atoms with Gasteiger partial charge in [-0.3, -0.25) is 4.55 Å². The Labute approximate surface area is 148 Å². The van der Waals surface area contributed by atoms with Crippen molar-refractivity contribution in [2.24, 2.45) is 0 Å². The van der Waals surface area contributed by atoms with Crippen molar-refractivity contribution >= 4 is 27.1 Å². The maximum Gasteiger partial charge on any atom is 0.261 e. The van der Waals surface area contributed by atoms with Gasteiger partial charge in [-0.05, 0) is 12.1 Å². The van der Waals surface area contributed by atoms with Crippen LogP contribution >= 0.6 is 0 Å². The second kappa shape index (κ2) is 7.84. The van der Waals surface area contributed by atoms with Gasteiger partial charge in [0.25, 0.3) is 10.1 Å². The molecule has 0 atom stereocenters. The minimum absolute atomic E-state index is 0.217. The van der Waals surface area contributed by atoms with Crippen LogP contribution in [0.15, 0.2) is 24.8 Å². The summed E-state index contributed by atoms with van der Waals surface area (Å²) < 4.78 is 30.8. The van der Waals surface area contributed by atoms with Crippen molar-refractivity contribution in [1.29, 1.82) is 0 Å². The van der Waals surface area contributed by atoms with Crippen molar-refractivity contribution in [3.63, 3.8) is 0 Å². The Balaban J connectivity index is 0.000000431. The van der Waals surface area contributed by atoms with E-state index in [9.17, 15) is 18.6 Å². The first-order chi connectivity index (χ1) is 12.2. The van der Waals surface area contributed by atoms with Crippen molar-refractivity contribution in [2.45, 2.75) is 6.54 Å². The number of methoxy groups -OCH3 is 1. The van der Waals surface area contributed by atoms with Crippen LogP contribution in [-0.4, -0.2) is 56.5 Å². The normalized spacial score (nSPS) is 10.9. The molecule has 0 radical (unpaired) electrons. The van der Waals surface area contributed by atoms with Gasteiger partial charge in [0.1, 0.15) is 11.8 Å². The Kier molecular flexibility index (Phi) is 5.79. The Morgan fingerprint density at radius 2 is 1.88 bits per heavy atom. The van der Waals surface area contributed by atoms with E-state index in [1.807, 2.05) is 0 Å². The van der Waals surface area contributed by atoms with Crippen molar-refractivity contribution in [3.8, 4) is 17.2 Å². The molecule has 0 aliphatic rings. The highest BCUT2D eigenvalue weighted by Gasteiger charge is 2.13. The van der Waals surface area contributed by atoms with Crippen LogP contribution in [0.1, 0.15) is 5.56 Å². The first-order valence-corrected chi connectivity index (χ1v) is 8.93. The van der Waals surface area contributed by atoms with Crippen LogP contribution in [0, 0.1) is 0 Å². The van der Waals surface area contributed by atoms with Gasteiger partial charge in [0.05, 0.1) is 19.7 Å². The Hall–Kier alpha value is -3.12. The number of H-pyrrole nitrogens is 1. The number of benzene rings is 1.